The molecule has 2 fully saturated rings. The SMILES string of the molecule is CO[C@@H]1CN(C(=O)CN2CCCCCC2=O)C[C@H]1c1cn(C)nn1. The van der Waals surface area contributed by atoms with Crippen molar-refractivity contribution in [1.29, 1.82) is 0 Å². The minimum absolute atomic E-state index is 0.0151. The molecular weight excluding hydrogens is 310 g/mol. The van der Waals surface area contributed by atoms with Gasteiger partial charge in [0.05, 0.1) is 24.3 Å². The van der Waals surface area contributed by atoms with E-state index in [9.17, 15) is 9.59 Å². The van der Waals surface area contributed by atoms with Gasteiger partial charge in [0.2, 0.25) is 11.8 Å². The maximum Gasteiger partial charge on any atom is 0.242 e. The van der Waals surface area contributed by atoms with Crippen LogP contribution in [0.25, 0.3) is 0 Å². The fourth-order valence-corrected chi connectivity index (χ4v) is 3.50. The number of hydrogen-bond acceptors (Lipinski definition) is 5. The smallest absolute Gasteiger partial charge is 0.242 e. The molecule has 2 aliphatic heterocycles. The average molecular weight is 335 g/mol. The lowest BCUT2D eigenvalue weighted by molar-refractivity contribution is -0.139. The molecule has 8 heteroatoms. The van der Waals surface area contributed by atoms with E-state index in [-0.39, 0.29) is 30.4 Å². The minimum atomic E-state index is -0.0921. The monoisotopic (exact) mass is 335 g/mol. The van der Waals surface area contributed by atoms with E-state index in [0.717, 1.165) is 25.0 Å². The number of aryl methyl sites for hydroxylation is 1. The van der Waals surface area contributed by atoms with Gasteiger partial charge in [-0.1, -0.05) is 11.6 Å². The quantitative estimate of drug-likeness (QED) is 0.783. The number of methoxy groups -OCH3 is 1. The van der Waals surface area contributed by atoms with Gasteiger partial charge in [0, 0.05) is 46.4 Å². The fourth-order valence-electron chi connectivity index (χ4n) is 3.50. The van der Waals surface area contributed by atoms with Crippen molar-refractivity contribution < 1.29 is 14.3 Å². The van der Waals surface area contributed by atoms with Gasteiger partial charge in [0.25, 0.3) is 0 Å². The lowest BCUT2D eigenvalue weighted by Crippen LogP contribution is -2.42. The second-order valence-electron chi connectivity index (χ2n) is 6.62. The Morgan fingerprint density at radius 3 is 2.88 bits per heavy atom. The first-order chi connectivity index (χ1) is 11.6. The van der Waals surface area contributed by atoms with Crippen molar-refractivity contribution in [3.63, 3.8) is 0 Å². The molecule has 2 aliphatic rings. The van der Waals surface area contributed by atoms with Gasteiger partial charge in [0.15, 0.2) is 0 Å². The van der Waals surface area contributed by atoms with Gasteiger partial charge in [-0.3, -0.25) is 14.3 Å². The van der Waals surface area contributed by atoms with E-state index in [0.29, 0.717) is 26.1 Å². The predicted molar refractivity (Wildman–Crippen MR) is 86.2 cm³/mol. The van der Waals surface area contributed by atoms with Gasteiger partial charge in [0.1, 0.15) is 0 Å². The number of hydrogen-bond donors (Lipinski definition) is 0. The summed E-state index contributed by atoms with van der Waals surface area (Å²) in [5.74, 6) is 0.0972. The average Bonchev–Trinajstić information content (AvgIpc) is 3.13. The van der Waals surface area contributed by atoms with Crippen molar-refractivity contribution in [2.75, 3.05) is 33.3 Å². The maximum atomic E-state index is 12.7. The van der Waals surface area contributed by atoms with Crippen molar-refractivity contribution >= 4 is 11.8 Å². The van der Waals surface area contributed by atoms with Crippen LogP contribution in [0, 0.1) is 0 Å². The Morgan fingerprint density at radius 2 is 2.17 bits per heavy atom. The third kappa shape index (κ3) is 3.58. The van der Waals surface area contributed by atoms with E-state index >= 15 is 0 Å². The van der Waals surface area contributed by atoms with Crippen LogP contribution in [0.15, 0.2) is 6.20 Å². The fraction of sp³-hybridized carbons (Fsp3) is 0.750. The molecular formula is C16H25N5O3. The van der Waals surface area contributed by atoms with Crippen LogP contribution in [0.3, 0.4) is 0 Å². The molecule has 2 atom stereocenters. The number of likely N-dealkylation sites (tertiary alicyclic amines) is 2. The molecule has 8 nitrogen and oxygen atoms in total. The first kappa shape index (κ1) is 16.9. The first-order valence-electron chi connectivity index (χ1n) is 8.53. The standard InChI is InChI=1S/C16H25N5O3/c1-19-9-13(17-18-19)12-8-21(10-14(12)24-2)16(23)11-20-7-5-3-4-6-15(20)22/h9,12,14H,3-8,10-11H2,1-2H3/t12-,14+/m0/s1. The van der Waals surface area contributed by atoms with Crippen LogP contribution in [0.1, 0.15) is 37.3 Å². The van der Waals surface area contributed by atoms with Crippen LogP contribution in [0.2, 0.25) is 0 Å². The Hall–Kier alpha value is -1.96. The van der Waals surface area contributed by atoms with Gasteiger partial charge < -0.3 is 14.5 Å². The van der Waals surface area contributed by atoms with Crippen molar-refractivity contribution in [3.05, 3.63) is 11.9 Å². The van der Waals surface area contributed by atoms with E-state index < -0.39 is 0 Å². The molecule has 2 saturated heterocycles. The number of carbonyl (C=O) groups is 2. The second kappa shape index (κ2) is 7.29. The summed E-state index contributed by atoms with van der Waals surface area (Å²) in [4.78, 5) is 28.2. The normalized spacial score (nSPS) is 25.2. The summed E-state index contributed by atoms with van der Waals surface area (Å²) in [5.41, 5.74) is 0.838. The van der Waals surface area contributed by atoms with Crippen LogP contribution in [0.4, 0.5) is 0 Å². The van der Waals surface area contributed by atoms with E-state index in [4.69, 9.17) is 4.74 Å². The van der Waals surface area contributed by atoms with Crippen LogP contribution in [-0.2, 0) is 21.4 Å². The molecule has 0 aliphatic carbocycles. The third-order valence-corrected chi connectivity index (χ3v) is 4.92. The van der Waals surface area contributed by atoms with Crippen molar-refractivity contribution in [3.8, 4) is 0 Å². The predicted octanol–water partition coefficient (Wildman–Crippen LogP) is 0.159. The summed E-state index contributed by atoms with van der Waals surface area (Å²) in [6, 6.07) is 0. The highest BCUT2D eigenvalue weighted by Gasteiger charge is 2.38. The van der Waals surface area contributed by atoms with Crippen molar-refractivity contribution in [2.24, 2.45) is 7.05 Å². The Morgan fingerprint density at radius 1 is 1.33 bits per heavy atom. The number of aromatic nitrogens is 3. The van der Waals surface area contributed by atoms with Crippen molar-refractivity contribution in [1.82, 2.24) is 24.8 Å². The summed E-state index contributed by atoms with van der Waals surface area (Å²) < 4.78 is 7.20. The Balaban J connectivity index is 1.64. The zero-order valence-corrected chi connectivity index (χ0v) is 14.3. The van der Waals surface area contributed by atoms with Crippen LogP contribution < -0.4 is 0 Å². The first-order valence-corrected chi connectivity index (χ1v) is 8.53. The van der Waals surface area contributed by atoms with Crippen LogP contribution >= 0.6 is 0 Å². The summed E-state index contributed by atoms with van der Waals surface area (Å²) in [7, 11) is 3.47. The molecule has 3 heterocycles. The topological polar surface area (TPSA) is 80.6 Å². The van der Waals surface area contributed by atoms with Gasteiger partial charge in [-0.15, -0.1) is 5.10 Å². The van der Waals surface area contributed by atoms with Crippen LogP contribution in [-0.4, -0.2) is 76.0 Å². The van der Waals surface area contributed by atoms with E-state index in [1.54, 1.807) is 21.6 Å². The number of carbonyl (C=O) groups excluding carboxylic acids is 2. The third-order valence-electron chi connectivity index (χ3n) is 4.92. The molecule has 132 valence electrons. The zero-order chi connectivity index (χ0) is 17.1. The second-order valence-corrected chi connectivity index (χ2v) is 6.62. The molecule has 24 heavy (non-hydrogen) atoms. The van der Waals surface area contributed by atoms with Gasteiger partial charge in [-0.05, 0) is 12.8 Å². The molecule has 0 bridgehead atoms. The molecule has 0 saturated carbocycles. The minimum Gasteiger partial charge on any atom is -0.379 e. The maximum absolute atomic E-state index is 12.7. The summed E-state index contributed by atoms with van der Waals surface area (Å²) in [6.07, 6.45) is 5.28. The summed E-state index contributed by atoms with van der Waals surface area (Å²) in [6.45, 7) is 1.93. The molecule has 1 aromatic heterocycles. The number of amides is 2. The van der Waals surface area contributed by atoms with Crippen LogP contribution in [0.5, 0.6) is 0 Å². The molecule has 0 radical (unpaired) electrons. The Bertz CT molecular complexity index is 602. The number of nitrogens with zero attached hydrogens (tertiary/aromatic N) is 5. The highest BCUT2D eigenvalue weighted by Crippen LogP contribution is 2.28. The van der Waals surface area contributed by atoms with Gasteiger partial charge >= 0.3 is 0 Å². The molecule has 0 N–H and O–H groups in total. The highest BCUT2D eigenvalue weighted by molar-refractivity contribution is 5.85. The van der Waals surface area contributed by atoms with E-state index in [1.165, 1.54) is 0 Å². The largest absolute Gasteiger partial charge is 0.379 e. The Kier molecular flexibility index (Phi) is 5.13. The molecule has 0 spiro atoms. The van der Waals surface area contributed by atoms with E-state index in [1.807, 2.05) is 13.2 Å². The van der Waals surface area contributed by atoms with Crippen molar-refractivity contribution in [2.45, 2.75) is 37.7 Å². The molecule has 1 aromatic rings. The lowest BCUT2D eigenvalue weighted by Gasteiger charge is -2.23. The van der Waals surface area contributed by atoms with E-state index in [2.05, 4.69) is 10.3 Å². The molecule has 2 amide bonds. The molecule has 0 unspecified atom stereocenters. The van der Waals surface area contributed by atoms with Gasteiger partial charge in [-0.25, -0.2) is 0 Å². The molecule has 3 rings (SSSR count). The summed E-state index contributed by atoms with van der Waals surface area (Å²) in [5, 5.41) is 8.13. The summed E-state index contributed by atoms with van der Waals surface area (Å²) >= 11 is 0. The lowest BCUT2D eigenvalue weighted by atomic mass is 10.0. The number of ether oxygens (including phenoxy) is 1. The number of rotatable bonds is 4. The van der Waals surface area contributed by atoms with Gasteiger partial charge in [-0.2, -0.15) is 0 Å². The zero-order valence-electron chi connectivity index (χ0n) is 14.3. The Labute approximate surface area is 141 Å². The highest BCUT2D eigenvalue weighted by atomic mass is 16.5. The molecule has 0 aromatic carbocycles.